The van der Waals surface area contributed by atoms with Crippen molar-refractivity contribution in [3.8, 4) is 0 Å². The van der Waals surface area contributed by atoms with Gasteiger partial charge in [0.05, 0.1) is 28.6 Å². The van der Waals surface area contributed by atoms with Crippen LogP contribution in [0.2, 0.25) is 5.02 Å². The fourth-order valence-electron chi connectivity index (χ4n) is 1.65. The molecule has 0 amide bonds. The van der Waals surface area contributed by atoms with Crippen LogP contribution in [0.5, 0.6) is 0 Å². The fourth-order valence-corrected chi connectivity index (χ4v) is 3.51. The lowest BCUT2D eigenvalue weighted by atomic mass is 10.3. The summed E-state index contributed by atoms with van der Waals surface area (Å²) in [5.41, 5.74) is 1.21. The molecule has 0 aliphatic carbocycles. The van der Waals surface area contributed by atoms with E-state index < -0.39 is 10.0 Å². The monoisotopic (exact) mass is 329 g/mol. The molecule has 0 saturated heterocycles. The van der Waals surface area contributed by atoms with E-state index in [1.54, 1.807) is 19.1 Å². The third-order valence-electron chi connectivity index (χ3n) is 2.58. The highest BCUT2D eigenvalue weighted by Crippen LogP contribution is 2.31. The fraction of sp³-hybridized carbons (Fsp3) is 0.100. The number of nitrogens with zero attached hydrogens (tertiary/aromatic N) is 3. The first-order valence-corrected chi connectivity index (χ1v) is 8.02. The minimum absolute atomic E-state index is 0.0359. The van der Waals surface area contributed by atoms with Gasteiger partial charge in [0.25, 0.3) is 10.0 Å². The second kappa shape index (κ2) is 4.69. The Labute approximate surface area is 123 Å². The van der Waals surface area contributed by atoms with E-state index in [1.165, 1.54) is 6.20 Å². The molecule has 0 saturated carbocycles. The molecule has 0 unspecified atom stereocenters. The second-order valence-electron chi connectivity index (χ2n) is 3.99. The number of H-pyrrole nitrogens is 1. The maximum absolute atomic E-state index is 12.2. The van der Waals surface area contributed by atoms with E-state index in [0.717, 1.165) is 11.7 Å². The number of aromatic amines is 1. The minimum Gasteiger partial charge on any atom is -0.332 e. The molecule has 0 aliphatic heterocycles. The zero-order valence-electron chi connectivity index (χ0n) is 10.1. The molecule has 0 spiro atoms. The summed E-state index contributed by atoms with van der Waals surface area (Å²) in [6, 6.07) is 3.25. The van der Waals surface area contributed by atoms with Gasteiger partial charge in [0, 0.05) is 0 Å². The molecule has 3 rings (SSSR count). The minimum atomic E-state index is -3.80. The number of hydrogen-bond donors (Lipinski definition) is 2. The molecule has 20 heavy (non-hydrogen) atoms. The maximum atomic E-state index is 12.2. The van der Waals surface area contributed by atoms with Crippen molar-refractivity contribution in [1.82, 2.24) is 18.7 Å². The molecule has 10 heteroatoms. The molecule has 0 atom stereocenters. The summed E-state index contributed by atoms with van der Waals surface area (Å²) >= 11 is 7.03. The molecule has 2 N–H and O–H groups in total. The number of rotatable bonds is 3. The Bertz CT molecular complexity index is 886. The van der Waals surface area contributed by atoms with Crippen LogP contribution in [0.4, 0.5) is 5.69 Å². The summed E-state index contributed by atoms with van der Waals surface area (Å²) in [6.45, 7) is 1.66. The zero-order chi connectivity index (χ0) is 14.3. The SMILES string of the molecule is Cc1ncc(S(=O)(=O)Nc2c(Cl)ccc3nsnc23)[nH]1. The van der Waals surface area contributed by atoms with Gasteiger partial charge in [-0.05, 0) is 19.1 Å². The lowest BCUT2D eigenvalue weighted by Crippen LogP contribution is -2.14. The van der Waals surface area contributed by atoms with Crippen molar-refractivity contribution in [3.63, 3.8) is 0 Å². The molecule has 1 aromatic carbocycles. The Kier molecular flexibility index (Phi) is 3.11. The summed E-state index contributed by atoms with van der Waals surface area (Å²) < 4.78 is 35.0. The molecule has 7 nitrogen and oxygen atoms in total. The number of aromatic nitrogens is 4. The normalized spacial score (nSPS) is 11.9. The second-order valence-corrected chi connectivity index (χ2v) is 6.58. The number of halogens is 1. The van der Waals surface area contributed by atoms with Crippen LogP contribution in [0.25, 0.3) is 11.0 Å². The summed E-state index contributed by atoms with van der Waals surface area (Å²) in [5, 5.41) is 0.219. The van der Waals surface area contributed by atoms with E-state index >= 15 is 0 Å². The maximum Gasteiger partial charge on any atom is 0.279 e. The highest BCUT2D eigenvalue weighted by molar-refractivity contribution is 7.92. The van der Waals surface area contributed by atoms with Gasteiger partial charge in [-0.3, -0.25) is 4.72 Å². The van der Waals surface area contributed by atoms with Crippen LogP contribution < -0.4 is 4.72 Å². The standard InChI is InChI=1S/C10H8ClN5O2S2/c1-5-12-4-8(13-5)20(17,18)16-9-6(11)2-3-7-10(9)15-19-14-7/h2-4,16H,1H3,(H,12,13). The van der Waals surface area contributed by atoms with Crippen LogP contribution in [0.15, 0.2) is 23.4 Å². The molecule has 0 radical (unpaired) electrons. The van der Waals surface area contributed by atoms with Gasteiger partial charge in [-0.2, -0.15) is 17.2 Å². The molecule has 2 heterocycles. The molecule has 104 valence electrons. The van der Waals surface area contributed by atoms with E-state index in [2.05, 4.69) is 23.4 Å². The number of nitrogens with one attached hydrogen (secondary N) is 2. The summed E-state index contributed by atoms with van der Waals surface area (Å²) in [7, 11) is -3.80. The van der Waals surface area contributed by atoms with Crippen molar-refractivity contribution in [2.45, 2.75) is 11.9 Å². The van der Waals surface area contributed by atoms with E-state index in [0.29, 0.717) is 16.9 Å². The number of hydrogen-bond acceptors (Lipinski definition) is 6. The van der Waals surface area contributed by atoms with E-state index in [4.69, 9.17) is 11.6 Å². The predicted molar refractivity (Wildman–Crippen MR) is 76.6 cm³/mol. The number of aryl methyl sites for hydroxylation is 1. The van der Waals surface area contributed by atoms with Gasteiger partial charge in [-0.1, -0.05) is 11.6 Å². The Balaban J connectivity index is 2.09. The van der Waals surface area contributed by atoms with E-state index in [-0.39, 0.29) is 15.7 Å². The zero-order valence-corrected chi connectivity index (χ0v) is 12.5. The summed E-state index contributed by atoms with van der Waals surface area (Å²) in [5.74, 6) is 0.505. The molecule has 0 bridgehead atoms. The highest BCUT2D eigenvalue weighted by Gasteiger charge is 2.20. The van der Waals surface area contributed by atoms with Crippen LogP contribution in [0, 0.1) is 6.92 Å². The van der Waals surface area contributed by atoms with Gasteiger partial charge >= 0.3 is 0 Å². The Morgan fingerprint density at radius 2 is 2.15 bits per heavy atom. The van der Waals surface area contributed by atoms with Crippen molar-refractivity contribution in [3.05, 3.63) is 29.2 Å². The number of fused-ring (bicyclic) bond motifs is 1. The van der Waals surface area contributed by atoms with Crippen molar-refractivity contribution in [2.24, 2.45) is 0 Å². The quantitative estimate of drug-likeness (QED) is 0.767. The summed E-state index contributed by atoms with van der Waals surface area (Å²) in [6.07, 6.45) is 1.24. The van der Waals surface area contributed by atoms with Crippen molar-refractivity contribution in [2.75, 3.05) is 4.72 Å². The van der Waals surface area contributed by atoms with Gasteiger partial charge in [-0.25, -0.2) is 4.98 Å². The van der Waals surface area contributed by atoms with Gasteiger partial charge in [0.2, 0.25) is 0 Å². The first-order valence-electron chi connectivity index (χ1n) is 5.42. The topological polar surface area (TPSA) is 101 Å². The number of imidazole rings is 1. The molecule has 0 aliphatic rings. The predicted octanol–water partition coefficient (Wildman–Crippen LogP) is 2.18. The van der Waals surface area contributed by atoms with Crippen LogP contribution >= 0.6 is 23.3 Å². The van der Waals surface area contributed by atoms with Gasteiger partial charge in [0.15, 0.2) is 5.03 Å². The van der Waals surface area contributed by atoms with Crippen LogP contribution in [-0.4, -0.2) is 27.1 Å². The Hall–Kier alpha value is -1.71. The number of benzene rings is 1. The average Bonchev–Trinajstić information content (AvgIpc) is 3.01. The largest absolute Gasteiger partial charge is 0.332 e. The first kappa shape index (κ1) is 13.3. The third-order valence-corrected chi connectivity index (χ3v) is 4.70. The molecular formula is C10H8ClN5O2S2. The summed E-state index contributed by atoms with van der Waals surface area (Å²) in [4.78, 5) is 6.53. The first-order chi connectivity index (χ1) is 9.47. The van der Waals surface area contributed by atoms with Crippen molar-refractivity contribution >= 4 is 50.1 Å². The van der Waals surface area contributed by atoms with Crippen molar-refractivity contribution in [1.29, 1.82) is 0 Å². The third kappa shape index (κ3) is 2.23. The molecule has 0 fully saturated rings. The van der Waals surface area contributed by atoms with E-state index in [9.17, 15) is 8.42 Å². The van der Waals surface area contributed by atoms with Gasteiger partial charge in [-0.15, -0.1) is 0 Å². The molecule has 3 aromatic rings. The molecule has 2 aromatic heterocycles. The number of sulfonamides is 1. The van der Waals surface area contributed by atoms with Gasteiger partial charge in [0.1, 0.15) is 16.9 Å². The number of anilines is 1. The lowest BCUT2D eigenvalue weighted by molar-refractivity contribution is 0.598. The van der Waals surface area contributed by atoms with Crippen LogP contribution in [-0.2, 0) is 10.0 Å². The van der Waals surface area contributed by atoms with Gasteiger partial charge < -0.3 is 4.98 Å². The lowest BCUT2D eigenvalue weighted by Gasteiger charge is -2.08. The van der Waals surface area contributed by atoms with Crippen LogP contribution in [0.1, 0.15) is 5.82 Å². The van der Waals surface area contributed by atoms with Crippen LogP contribution in [0.3, 0.4) is 0 Å². The highest BCUT2D eigenvalue weighted by atomic mass is 35.5. The van der Waals surface area contributed by atoms with E-state index in [1.807, 2.05) is 0 Å². The average molecular weight is 330 g/mol. The van der Waals surface area contributed by atoms with Crippen molar-refractivity contribution < 1.29 is 8.42 Å². The Morgan fingerprint density at radius 1 is 1.35 bits per heavy atom. The molecular weight excluding hydrogens is 322 g/mol. The Morgan fingerprint density at radius 3 is 2.85 bits per heavy atom. The smallest absolute Gasteiger partial charge is 0.279 e.